The molecule has 0 bridgehead atoms. The third-order valence-corrected chi connectivity index (χ3v) is 4.67. The first kappa shape index (κ1) is 17.1. The van der Waals surface area contributed by atoms with Crippen molar-refractivity contribution in [1.82, 2.24) is 19.8 Å². The lowest BCUT2D eigenvalue weighted by molar-refractivity contribution is 0.0455. The number of aromatic nitrogens is 2. The lowest BCUT2D eigenvalue weighted by Gasteiger charge is -2.40. The smallest absolute Gasteiger partial charge is 0.258 e. The molecule has 0 aliphatic carbocycles. The van der Waals surface area contributed by atoms with Gasteiger partial charge in [-0.1, -0.05) is 12.1 Å². The summed E-state index contributed by atoms with van der Waals surface area (Å²) in [6, 6.07) is 7.87. The molecule has 0 saturated carbocycles. The molecule has 1 fully saturated rings. The Bertz CT molecular complexity index is 743. The molecule has 6 heteroatoms. The largest absolute Gasteiger partial charge is 0.392 e. The third kappa shape index (κ3) is 4.01. The number of rotatable bonds is 5. The number of nitrogens with zero attached hydrogens (tertiary/aromatic N) is 3. The Morgan fingerprint density at radius 3 is 2.92 bits per heavy atom. The lowest BCUT2D eigenvalue weighted by atomic mass is 10.1. The minimum Gasteiger partial charge on any atom is -0.392 e. The second-order valence-corrected chi connectivity index (χ2v) is 6.77. The summed E-state index contributed by atoms with van der Waals surface area (Å²) >= 11 is 0. The average molecular weight is 330 g/mol. The number of nitrogens with one attached hydrogen (secondary N) is 1. The molecular formula is C18H26N4O2. The van der Waals surface area contributed by atoms with E-state index < -0.39 is 0 Å². The molecule has 3 rings (SSSR count). The van der Waals surface area contributed by atoms with E-state index >= 15 is 0 Å². The number of benzene rings is 1. The van der Waals surface area contributed by atoms with Gasteiger partial charge in [-0.3, -0.25) is 9.69 Å². The molecule has 2 heterocycles. The number of hydrogen-bond acceptors (Lipinski definition) is 5. The Kier molecular flexibility index (Phi) is 5.28. The number of fused-ring (bicyclic) bond motifs is 1. The Labute approximate surface area is 142 Å². The molecule has 1 saturated heterocycles. The highest BCUT2D eigenvalue weighted by Gasteiger charge is 2.24. The van der Waals surface area contributed by atoms with Crippen molar-refractivity contribution >= 4 is 10.9 Å². The summed E-state index contributed by atoms with van der Waals surface area (Å²) < 4.78 is 0. The van der Waals surface area contributed by atoms with Crippen LogP contribution >= 0.6 is 0 Å². The van der Waals surface area contributed by atoms with Gasteiger partial charge in [-0.25, -0.2) is 4.98 Å². The minimum atomic E-state index is -0.286. The summed E-state index contributed by atoms with van der Waals surface area (Å²) in [5, 5.41) is 10.2. The van der Waals surface area contributed by atoms with Crippen molar-refractivity contribution in [2.45, 2.75) is 32.4 Å². The molecule has 2 N–H and O–H groups in total. The van der Waals surface area contributed by atoms with Crippen molar-refractivity contribution < 1.29 is 5.11 Å². The van der Waals surface area contributed by atoms with E-state index in [9.17, 15) is 9.90 Å². The molecule has 1 aromatic carbocycles. The van der Waals surface area contributed by atoms with Crippen molar-refractivity contribution in [3.8, 4) is 0 Å². The molecule has 1 aromatic heterocycles. The molecule has 0 radical (unpaired) electrons. The van der Waals surface area contributed by atoms with Gasteiger partial charge in [0.15, 0.2) is 0 Å². The highest BCUT2D eigenvalue weighted by molar-refractivity contribution is 5.77. The average Bonchev–Trinajstić information content (AvgIpc) is 2.55. The van der Waals surface area contributed by atoms with Crippen LogP contribution in [-0.2, 0) is 6.42 Å². The zero-order valence-electron chi connectivity index (χ0n) is 14.4. The summed E-state index contributed by atoms with van der Waals surface area (Å²) in [6.45, 7) is 8.57. The van der Waals surface area contributed by atoms with Crippen LogP contribution in [0.5, 0.6) is 0 Å². The molecular weight excluding hydrogens is 304 g/mol. The van der Waals surface area contributed by atoms with Crippen molar-refractivity contribution in [3.63, 3.8) is 0 Å². The van der Waals surface area contributed by atoms with E-state index in [1.807, 2.05) is 25.1 Å². The van der Waals surface area contributed by atoms with Gasteiger partial charge >= 0.3 is 0 Å². The summed E-state index contributed by atoms with van der Waals surface area (Å²) in [5.74, 6) is 0.748. The normalized spacial score (nSPS) is 21.2. The number of hydrogen-bond donors (Lipinski definition) is 2. The number of aliphatic hydroxyl groups is 1. The molecule has 1 aliphatic rings. The Hall–Kier alpha value is -1.76. The molecule has 0 spiro atoms. The van der Waals surface area contributed by atoms with Gasteiger partial charge < -0.3 is 15.0 Å². The molecule has 1 aliphatic heterocycles. The van der Waals surface area contributed by atoms with Gasteiger partial charge in [0.05, 0.1) is 17.0 Å². The second-order valence-electron chi connectivity index (χ2n) is 6.77. The standard InChI is InChI=1S/C18H26N4O2/c1-13-11-21(9-10-22(13)12-14(2)23)8-7-17-19-16-6-4-3-5-15(16)18(24)20-17/h3-6,13-14,23H,7-12H2,1-2H3,(H,19,20,24). The summed E-state index contributed by atoms with van der Waals surface area (Å²) in [7, 11) is 0. The number of aromatic amines is 1. The monoisotopic (exact) mass is 330 g/mol. The first-order valence-electron chi connectivity index (χ1n) is 8.65. The van der Waals surface area contributed by atoms with Crippen LogP contribution in [0.2, 0.25) is 0 Å². The topological polar surface area (TPSA) is 72.5 Å². The van der Waals surface area contributed by atoms with E-state index in [4.69, 9.17) is 0 Å². The zero-order valence-corrected chi connectivity index (χ0v) is 14.4. The Balaban J connectivity index is 1.60. The molecule has 24 heavy (non-hydrogen) atoms. The van der Waals surface area contributed by atoms with Gasteiger partial charge in [0.25, 0.3) is 5.56 Å². The molecule has 130 valence electrons. The third-order valence-electron chi connectivity index (χ3n) is 4.67. The van der Waals surface area contributed by atoms with Crippen LogP contribution in [0.15, 0.2) is 29.1 Å². The molecule has 6 nitrogen and oxygen atoms in total. The summed E-state index contributed by atoms with van der Waals surface area (Å²) in [5.41, 5.74) is 0.692. The van der Waals surface area contributed by atoms with Crippen molar-refractivity contribution in [2.75, 3.05) is 32.7 Å². The number of β-amino-alcohol motifs (C(OH)–C–C–N with tert-alkyl or cyclic N) is 1. The van der Waals surface area contributed by atoms with Gasteiger partial charge in [0.2, 0.25) is 0 Å². The molecule has 0 amide bonds. The Morgan fingerprint density at radius 1 is 1.38 bits per heavy atom. The predicted octanol–water partition coefficient (Wildman–Crippen LogP) is 0.852. The molecule has 2 aromatic rings. The van der Waals surface area contributed by atoms with Crippen LogP contribution in [0.25, 0.3) is 10.9 Å². The van der Waals surface area contributed by atoms with E-state index in [0.717, 1.165) is 50.5 Å². The maximum Gasteiger partial charge on any atom is 0.258 e. The van der Waals surface area contributed by atoms with Crippen LogP contribution in [0, 0.1) is 0 Å². The van der Waals surface area contributed by atoms with Crippen molar-refractivity contribution in [2.24, 2.45) is 0 Å². The quantitative estimate of drug-likeness (QED) is 0.850. The van der Waals surface area contributed by atoms with Gasteiger partial charge in [-0.15, -0.1) is 0 Å². The van der Waals surface area contributed by atoms with E-state index in [1.54, 1.807) is 6.07 Å². The predicted molar refractivity (Wildman–Crippen MR) is 95.2 cm³/mol. The molecule has 2 atom stereocenters. The van der Waals surface area contributed by atoms with E-state index in [1.165, 1.54) is 0 Å². The van der Waals surface area contributed by atoms with Gasteiger partial charge in [0.1, 0.15) is 5.82 Å². The van der Waals surface area contributed by atoms with Crippen molar-refractivity contribution in [1.29, 1.82) is 0 Å². The lowest BCUT2D eigenvalue weighted by Crippen LogP contribution is -2.53. The van der Waals surface area contributed by atoms with Crippen LogP contribution in [0.4, 0.5) is 0 Å². The minimum absolute atomic E-state index is 0.0641. The zero-order chi connectivity index (χ0) is 17.1. The second kappa shape index (κ2) is 7.42. The first-order chi connectivity index (χ1) is 11.5. The van der Waals surface area contributed by atoms with Gasteiger partial charge in [0, 0.05) is 45.2 Å². The number of para-hydroxylation sites is 1. The fourth-order valence-electron chi connectivity index (χ4n) is 3.40. The van der Waals surface area contributed by atoms with Gasteiger partial charge in [-0.2, -0.15) is 0 Å². The fourth-order valence-corrected chi connectivity index (χ4v) is 3.40. The summed E-state index contributed by atoms with van der Waals surface area (Å²) in [4.78, 5) is 24.3. The highest BCUT2D eigenvalue weighted by atomic mass is 16.3. The maximum atomic E-state index is 12.1. The number of aliphatic hydroxyl groups excluding tert-OH is 1. The molecule has 2 unspecified atom stereocenters. The van der Waals surface area contributed by atoms with Crippen molar-refractivity contribution in [3.05, 3.63) is 40.4 Å². The maximum absolute atomic E-state index is 12.1. The SMILES string of the molecule is CC(O)CN1CCN(CCc2nc3ccccc3c(=O)[nH]2)CC1C. The van der Waals surface area contributed by atoms with E-state index in [0.29, 0.717) is 11.4 Å². The highest BCUT2D eigenvalue weighted by Crippen LogP contribution is 2.11. The Morgan fingerprint density at radius 2 is 2.17 bits per heavy atom. The van der Waals surface area contributed by atoms with Crippen LogP contribution in [0.3, 0.4) is 0 Å². The van der Waals surface area contributed by atoms with Crippen LogP contribution in [0.1, 0.15) is 19.7 Å². The summed E-state index contributed by atoms with van der Waals surface area (Å²) in [6.07, 6.45) is 0.453. The van der Waals surface area contributed by atoms with E-state index in [2.05, 4.69) is 26.7 Å². The van der Waals surface area contributed by atoms with Crippen LogP contribution in [-0.4, -0.2) is 69.7 Å². The van der Waals surface area contributed by atoms with Gasteiger partial charge in [-0.05, 0) is 26.0 Å². The fraction of sp³-hybridized carbons (Fsp3) is 0.556. The first-order valence-corrected chi connectivity index (χ1v) is 8.65. The van der Waals surface area contributed by atoms with Crippen LogP contribution < -0.4 is 5.56 Å². The number of piperazine rings is 1. The van der Waals surface area contributed by atoms with E-state index in [-0.39, 0.29) is 11.7 Å². The number of H-pyrrole nitrogens is 1.